The lowest BCUT2D eigenvalue weighted by molar-refractivity contribution is -0.160. The summed E-state index contributed by atoms with van der Waals surface area (Å²) in [5, 5.41) is 6.77. The monoisotopic (exact) mass is 672 g/mol. The molecule has 48 heavy (non-hydrogen) atoms. The van der Waals surface area contributed by atoms with E-state index in [9.17, 15) is 18.8 Å². The molecule has 6 rings (SSSR count). The number of hydrogen-bond donors (Lipinski definition) is 2. The van der Waals surface area contributed by atoms with Crippen molar-refractivity contribution in [3.05, 3.63) is 89.2 Å². The van der Waals surface area contributed by atoms with Crippen molar-refractivity contribution in [1.29, 1.82) is 0 Å². The first-order valence-corrected chi connectivity index (χ1v) is 16.7. The number of halogens is 1. The number of aromatic nitrogens is 1. The second kappa shape index (κ2) is 13.0. The molecule has 0 unspecified atom stereocenters. The van der Waals surface area contributed by atoms with Crippen LogP contribution in [0.1, 0.15) is 37.5 Å². The van der Waals surface area contributed by atoms with E-state index in [4.69, 9.17) is 5.73 Å². The molecule has 0 radical (unpaired) electrons. The topological polar surface area (TPSA) is 118 Å². The Balaban J connectivity index is 1.34. The van der Waals surface area contributed by atoms with Gasteiger partial charge in [0.2, 0.25) is 11.8 Å². The quantitative estimate of drug-likeness (QED) is 0.284. The third kappa shape index (κ3) is 6.65. The summed E-state index contributed by atoms with van der Waals surface area (Å²) in [6.45, 7) is 6.28. The van der Waals surface area contributed by atoms with Crippen LogP contribution >= 0.6 is 11.3 Å². The van der Waals surface area contributed by atoms with E-state index in [0.29, 0.717) is 11.6 Å². The molecule has 2 aliphatic rings. The minimum atomic E-state index is -0.782. The summed E-state index contributed by atoms with van der Waals surface area (Å²) in [4.78, 5) is 52.2. The number of carbonyl (C=O) groups excluding carboxylic acids is 3. The van der Waals surface area contributed by atoms with Crippen LogP contribution in [0.3, 0.4) is 0 Å². The Bertz CT molecular complexity index is 1820. The lowest BCUT2D eigenvalue weighted by Crippen LogP contribution is -2.68. The SMILES string of the molecule is CN(C)c1ccc(C[C@H]2C(=O)N(Cc3cccc4sc(N)nc34)C[C@H]3N2C(=O)CN3N(C(=O)NCc2ccc(F)cc2)C(C)(C)C)cc1. The van der Waals surface area contributed by atoms with Gasteiger partial charge in [0.25, 0.3) is 0 Å². The van der Waals surface area contributed by atoms with E-state index in [-0.39, 0.29) is 43.8 Å². The molecule has 13 heteroatoms. The molecule has 2 fully saturated rings. The van der Waals surface area contributed by atoms with Crippen LogP contribution < -0.4 is 16.0 Å². The number of thiazole rings is 1. The molecular formula is C35H41FN8O3S. The molecule has 11 nitrogen and oxygen atoms in total. The van der Waals surface area contributed by atoms with Gasteiger partial charge in [-0.1, -0.05) is 47.7 Å². The number of fused-ring (bicyclic) bond motifs is 2. The van der Waals surface area contributed by atoms with Crippen molar-refractivity contribution in [2.45, 2.75) is 58.0 Å². The van der Waals surface area contributed by atoms with Crippen LogP contribution in [0.2, 0.25) is 0 Å². The predicted molar refractivity (Wildman–Crippen MR) is 185 cm³/mol. The number of nitrogens with one attached hydrogen (secondary N) is 1. The molecule has 3 aromatic carbocycles. The minimum Gasteiger partial charge on any atom is -0.378 e. The summed E-state index contributed by atoms with van der Waals surface area (Å²) in [7, 11) is 3.93. The molecule has 3 N–H and O–H groups in total. The lowest BCUT2D eigenvalue weighted by Gasteiger charge is -2.49. The second-order valence-electron chi connectivity index (χ2n) is 13.5. The van der Waals surface area contributed by atoms with E-state index in [0.717, 1.165) is 32.6 Å². The maximum Gasteiger partial charge on any atom is 0.332 e. The van der Waals surface area contributed by atoms with Crippen molar-refractivity contribution in [2.75, 3.05) is 37.8 Å². The van der Waals surface area contributed by atoms with Crippen molar-refractivity contribution in [3.63, 3.8) is 0 Å². The highest BCUT2D eigenvalue weighted by Crippen LogP contribution is 2.34. The van der Waals surface area contributed by atoms with Gasteiger partial charge in [-0.05, 0) is 67.8 Å². The first-order valence-electron chi connectivity index (χ1n) is 15.9. The summed E-state index contributed by atoms with van der Waals surface area (Å²) >= 11 is 1.39. The Labute approximate surface area is 283 Å². The highest BCUT2D eigenvalue weighted by Gasteiger charge is 2.53. The fourth-order valence-electron chi connectivity index (χ4n) is 6.52. The molecule has 0 spiro atoms. The van der Waals surface area contributed by atoms with Gasteiger partial charge in [-0.25, -0.2) is 19.2 Å². The van der Waals surface area contributed by atoms with Gasteiger partial charge in [0.1, 0.15) is 18.0 Å². The number of nitrogens with zero attached hydrogens (tertiary/aromatic N) is 6. The van der Waals surface area contributed by atoms with Gasteiger partial charge in [-0.3, -0.25) is 9.59 Å². The van der Waals surface area contributed by atoms with E-state index in [1.807, 2.05) is 82.2 Å². The first kappa shape index (κ1) is 33.2. The molecular weight excluding hydrogens is 632 g/mol. The number of nitrogens with two attached hydrogens (primary N) is 1. The highest BCUT2D eigenvalue weighted by atomic mass is 32.1. The number of anilines is 2. The number of amides is 4. The number of urea groups is 1. The van der Waals surface area contributed by atoms with Crippen molar-refractivity contribution in [3.8, 4) is 0 Å². The number of rotatable bonds is 8. The summed E-state index contributed by atoms with van der Waals surface area (Å²) < 4.78 is 14.4. The van der Waals surface area contributed by atoms with Crippen LogP contribution in [-0.2, 0) is 29.1 Å². The van der Waals surface area contributed by atoms with Crippen LogP contribution in [0.5, 0.6) is 0 Å². The van der Waals surface area contributed by atoms with Crippen molar-refractivity contribution < 1.29 is 18.8 Å². The van der Waals surface area contributed by atoms with E-state index < -0.39 is 23.8 Å². The third-order valence-electron chi connectivity index (χ3n) is 8.77. The van der Waals surface area contributed by atoms with Gasteiger partial charge in [-0.2, -0.15) is 5.01 Å². The van der Waals surface area contributed by atoms with E-state index in [1.165, 1.54) is 23.5 Å². The molecule has 3 heterocycles. The minimum absolute atomic E-state index is 0.0682. The van der Waals surface area contributed by atoms with Crippen LogP contribution in [-0.4, -0.2) is 87.6 Å². The number of benzene rings is 3. The van der Waals surface area contributed by atoms with Crippen molar-refractivity contribution >= 4 is 50.2 Å². The third-order valence-corrected chi connectivity index (χ3v) is 9.62. The molecule has 2 aliphatic heterocycles. The Morgan fingerprint density at radius 3 is 2.40 bits per heavy atom. The zero-order valence-corrected chi connectivity index (χ0v) is 28.6. The van der Waals surface area contributed by atoms with E-state index in [1.54, 1.807) is 32.0 Å². The fourth-order valence-corrected chi connectivity index (χ4v) is 7.30. The number of hydrogen-bond acceptors (Lipinski definition) is 8. The van der Waals surface area contributed by atoms with Gasteiger partial charge in [0.15, 0.2) is 5.13 Å². The lowest BCUT2D eigenvalue weighted by atomic mass is 9.99. The number of nitrogen functional groups attached to an aromatic ring is 1. The van der Waals surface area contributed by atoms with E-state index >= 15 is 0 Å². The predicted octanol–water partition coefficient (Wildman–Crippen LogP) is 4.43. The summed E-state index contributed by atoms with van der Waals surface area (Å²) in [5.41, 5.74) is 9.62. The maximum absolute atomic E-state index is 14.4. The summed E-state index contributed by atoms with van der Waals surface area (Å²) in [6, 6.07) is 18.5. The van der Waals surface area contributed by atoms with Gasteiger partial charge >= 0.3 is 6.03 Å². The molecule has 4 aromatic rings. The normalized spacial score (nSPS) is 18.4. The molecule has 4 amide bonds. The largest absolute Gasteiger partial charge is 0.378 e. The van der Waals surface area contributed by atoms with Gasteiger partial charge in [0, 0.05) is 39.3 Å². The summed E-state index contributed by atoms with van der Waals surface area (Å²) in [6.07, 6.45) is -0.282. The Hall–Kier alpha value is -4.75. The Morgan fingerprint density at radius 1 is 1.04 bits per heavy atom. The van der Waals surface area contributed by atoms with Gasteiger partial charge in [0.05, 0.1) is 28.8 Å². The molecule has 0 bridgehead atoms. The van der Waals surface area contributed by atoms with Crippen molar-refractivity contribution in [2.24, 2.45) is 0 Å². The number of piperazine rings is 1. The first-order chi connectivity index (χ1) is 22.8. The van der Waals surface area contributed by atoms with E-state index in [2.05, 4.69) is 10.3 Å². The Kier molecular flexibility index (Phi) is 9.01. The molecule has 2 saturated heterocycles. The molecule has 252 valence electrons. The van der Waals surface area contributed by atoms with Gasteiger partial charge < -0.3 is 25.8 Å². The highest BCUT2D eigenvalue weighted by molar-refractivity contribution is 7.22. The fraction of sp³-hybridized carbons (Fsp3) is 0.371. The zero-order valence-electron chi connectivity index (χ0n) is 27.8. The number of para-hydroxylation sites is 1. The van der Waals surface area contributed by atoms with Crippen LogP contribution in [0.4, 0.5) is 20.0 Å². The zero-order chi connectivity index (χ0) is 34.3. The molecule has 1 aromatic heterocycles. The van der Waals surface area contributed by atoms with Crippen LogP contribution in [0.25, 0.3) is 10.2 Å². The average molecular weight is 673 g/mol. The standard InChI is InChI=1S/C35H41FN8O3S/c1-35(2,3)44(34(47)38-18-23-9-13-25(36)14-10-23)42-21-30(45)43-27(17-22-11-15-26(16-12-22)40(4)5)32(46)41(20-29(42)43)19-24-7-6-8-28-31(24)39-33(37)48-28/h6-16,27,29H,17-21H2,1-5H3,(H2,37,39)(H,38,47)/t27-,29+/m0/s1. The van der Waals surface area contributed by atoms with Crippen LogP contribution in [0, 0.1) is 5.82 Å². The maximum atomic E-state index is 14.4. The molecule has 0 aliphatic carbocycles. The average Bonchev–Trinajstić information content (AvgIpc) is 3.57. The van der Waals surface area contributed by atoms with Gasteiger partial charge in [-0.15, -0.1) is 0 Å². The number of hydrazine groups is 1. The number of carbonyl (C=O) groups is 3. The second-order valence-corrected chi connectivity index (χ2v) is 14.5. The van der Waals surface area contributed by atoms with Crippen molar-refractivity contribution in [1.82, 2.24) is 30.1 Å². The molecule has 2 atom stereocenters. The van der Waals surface area contributed by atoms with Crippen LogP contribution in [0.15, 0.2) is 66.7 Å². The Morgan fingerprint density at radius 2 is 1.73 bits per heavy atom. The smallest absolute Gasteiger partial charge is 0.332 e. The summed E-state index contributed by atoms with van der Waals surface area (Å²) in [5.74, 6) is -0.745. The molecule has 0 saturated carbocycles.